The van der Waals surface area contributed by atoms with Gasteiger partial charge in [-0.1, -0.05) is 58.0 Å². The molecule has 0 aliphatic carbocycles. The molecule has 8 heteroatoms. The van der Waals surface area contributed by atoms with Crippen molar-refractivity contribution in [3.63, 3.8) is 0 Å². The lowest BCUT2D eigenvalue weighted by molar-refractivity contribution is 0.103. The predicted octanol–water partition coefficient (Wildman–Crippen LogP) is 8.68. The molecule has 0 N–H and O–H groups in total. The van der Waals surface area contributed by atoms with Crippen LogP contribution in [0, 0.1) is 11.7 Å². The van der Waals surface area contributed by atoms with Gasteiger partial charge in [-0.3, -0.25) is 9.78 Å². The second kappa shape index (κ2) is 11.3. The molecule has 214 valence electrons. The minimum absolute atomic E-state index is 0.00614. The Balaban J connectivity index is 1.40. The van der Waals surface area contributed by atoms with E-state index in [2.05, 4.69) is 53.9 Å². The van der Waals surface area contributed by atoms with E-state index in [1.807, 2.05) is 49.8 Å². The number of fused-ring (bicyclic) bond motifs is 2. The number of aromatic nitrogens is 3. The summed E-state index contributed by atoms with van der Waals surface area (Å²) in [6.07, 6.45) is 7.36. The number of halogens is 1. The van der Waals surface area contributed by atoms with Crippen LogP contribution in [0.5, 0.6) is 0 Å². The minimum atomic E-state index is -0.279. The topological polar surface area (TPSA) is 49.0 Å². The highest BCUT2D eigenvalue weighted by atomic mass is 32.2. The highest BCUT2D eigenvalue weighted by molar-refractivity contribution is 7.99. The summed E-state index contributed by atoms with van der Waals surface area (Å²) in [6.45, 7) is 10.9. The van der Waals surface area contributed by atoms with E-state index in [1.54, 1.807) is 30.1 Å². The van der Waals surface area contributed by atoms with Crippen LogP contribution in [0.1, 0.15) is 73.4 Å². The van der Waals surface area contributed by atoms with Crippen molar-refractivity contribution in [2.24, 2.45) is 5.92 Å². The normalized spacial score (nSPS) is 15.8. The molecule has 5 aromatic rings. The third kappa shape index (κ3) is 5.27. The number of thioether (sulfide) groups is 1. The zero-order valence-electron chi connectivity index (χ0n) is 24.5. The molecule has 2 unspecified atom stereocenters. The smallest absolute Gasteiger partial charge is 0.239 e. The van der Waals surface area contributed by atoms with Crippen LogP contribution in [0.25, 0.3) is 22.0 Å². The molecule has 2 aromatic carbocycles. The van der Waals surface area contributed by atoms with Crippen molar-refractivity contribution in [3.8, 4) is 11.1 Å². The average molecular weight is 596 g/mol. The number of carbonyl (C=O) groups excluding carboxylic acids is 1. The van der Waals surface area contributed by atoms with Crippen molar-refractivity contribution < 1.29 is 13.6 Å². The van der Waals surface area contributed by atoms with Crippen molar-refractivity contribution in [1.82, 2.24) is 14.1 Å². The highest BCUT2D eigenvalue weighted by Gasteiger charge is 2.31. The minimum Gasteiger partial charge on any atom is -0.397 e. The summed E-state index contributed by atoms with van der Waals surface area (Å²) in [5.74, 6) is 0.964. The van der Waals surface area contributed by atoms with Gasteiger partial charge in [-0.15, -0.1) is 11.8 Å². The zero-order chi connectivity index (χ0) is 29.6. The lowest BCUT2D eigenvalue weighted by atomic mass is 9.99. The fourth-order valence-corrected chi connectivity index (χ4v) is 7.32. The molecule has 1 aliphatic rings. The van der Waals surface area contributed by atoms with Gasteiger partial charge in [0.2, 0.25) is 9.76 Å². The molecule has 0 saturated carbocycles. The van der Waals surface area contributed by atoms with Crippen LogP contribution in [0.2, 0.25) is 5.04 Å². The maximum Gasteiger partial charge on any atom is 0.239 e. The van der Waals surface area contributed by atoms with Crippen LogP contribution < -0.4 is 0 Å². The largest absolute Gasteiger partial charge is 0.397 e. The third-order valence-corrected chi connectivity index (χ3v) is 11.3. The van der Waals surface area contributed by atoms with Gasteiger partial charge < -0.3 is 13.6 Å². The second-order valence-electron chi connectivity index (χ2n) is 11.7. The van der Waals surface area contributed by atoms with Crippen LogP contribution in [0.15, 0.2) is 85.5 Å². The monoisotopic (exact) mass is 595 g/mol. The van der Waals surface area contributed by atoms with Crippen molar-refractivity contribution >= 4 is 38.2 Å². The Bertz CT molecular complexity index is 1740. The molecular formula is C34H34FN3O2SSi. The lowest BCUT2D eigenvalue weighted by Gasteiger charge is -2.29. The number of rotatable bonds is 9. The summed E-state index contributed by atoms with van der Waals surface area (Å²) >= 11 is 1.80. The number of carbonyl (C=O) groups is 1. The van der Waals surface area contributed by atoms with Crippen LogP contribution >= 0.6 is 11.8 Å². The van der Waals surface area contributed by atoms with Gasteiger partial charge in [-0.2, -0.15) is 0 Å². The second-order valence-corrected chi connectivity index (χ2v) is 14.5. The van der Waals surface area contributed by atoms with Gasteiger partial charge in [-0.25, -0.2) is 4.39 Å². The molecule has 0 bridgehead atoms. The van der Waals surface area contributed by atoms with Crippen LogP contribution in [0.4, 0.5) is 4.39 Å². The molecule has 5 nitrogen and oxygen atoms in total. The van der Waals surface area contributed by atoms with Gasteiger partial charge in [0.15, 0.2) is 5.78 Å². The number of pyridine rings is 1. The van der Waals surface area contributed by atoms with Crippen LogP contribution in [-0.2, 0) is 10.2 Å². The van der Waals surface area contributed by atoms with Crippen molar-refractivity contribution in [2.45, 2.75) is 57.0 Å². The summed E-state index contributed by atoms with van der Waals surface area (Å²) in [7, 11) is 0.296. The maximum absolute atomic E-state index is 14.2. The summed E-state index contributed by atoms with van der Waals surface area (Å²) in [4.78, 5) is 18.5. The first-order valence-corrected chi connectivity index (χ1v) is 16.2. The molecule has 0 saturated heterocycles. The third-order valence-electron chi connectivity index (χ3n) is 8.45. The van der Waals surface area contributed by atoms with E-state index in [4.69, 9.17) is 4.43 Å². The van der Waals surface area contributed by atoms with E-state index < -0.39 is 0 Å². The molecule has 0 spiro atoms. The predicted molar refractivity (Wildman–Crippen MR) is 169 cm³/mol. The molecule has 0 amide bonds. The van der Waals surface area contributed by atoms with Crippen LogP contribution in [0.3, 0.4) is 0 Å². The average Bonchev–Trinajstić information content (AvgIpc) is 3.70. The van der Waals surface area contributed by atoms with E-state index in [9.17, 15) is 9.18 Å². The van der Waals surface area contributed by atoms with Gasteiger partial charge >= 0.3 is 0 Å². The van der Waals surface area contributed by atoms with Gasteiger partial charge in [0.25, 0.3) is 0 Å². The van der Waals surface area contributed by atoms with Gasteiger partial charge in [-0.05, 0) is 59.3 Å². The van der Waals surface area contributed by atoms with E-state index in [1.165, 1.54) is 12.1 Å². The summed E-state index contributed by atoms with van der Waals surface area (Å²) in [5.41, 5.74) is 6.33. The summed E-state index contributed by atoms with van der Waals surface area (Å²) in [5, 5.41) is 1.01. The Labute approximate surface area is 253 Å². The van der Waals surface area contributed by atoms with Crippen molar-refractivity contribution in [3.05, 3.63) is 114 Å². The summed E-state index contributed by atoms with van der Waals surface area (Å²) in [6, 6.07) is 18.6. The number of benzene rings is 2. The Morgan fingerprint density at radius 3 is 2.55 bits per heavy atom. The quantitative estimate of drug-likeness (QED) is 0.126. The molecule has 4 heterocycles. The van der Waals surface area contributed by atoms with Gasteiger partial charge in [0, 0.05) is 58.3 Å². The first-order valence-electron chi connectivity index (χ1n) is 14.2. The standard InChI is InChI=1S/C34H34FN3O2SSi/c1-21(2)34(4,5)42-40-22(3)38-19-29(27-13-10-24(17-30(27)38)23-8-11-26(35)12-9-23)32(39)28-14-16-37-31(28)20-41-33(37)25-7-6-15-36-18-25/h6-19,21-22,33H,20H2,1-5H3. The molecule has 2 atom stereocenters. The number of ketones is 1. The fraction of sp³-hybridized carbons (Fsp3) is 0.294. The Morgan fingerprint density at radius 1 is 1.07 bits per heavy atom. The Morgan fingerprint density at radius 2 is 1.83 bits per heavy atom. The molecule has 0 fully saturated rings. The van der Waals surface area contributed by atoms with E-state index in [0.29, 0.717) is 21.2 Å². The number of hydrogen-bond donors (Lipinski definition) is 0. The van der Waals surface area contributed by atoms with E-state index >= 15 is 0 Å². The summed E-state index contributed by atoms with van der Waals surface area (Å²) < 4.78 is 24.4. The first-order chi connectivity index (χ1) is 20.1. The van der Waals surface area contributed by atoms with E-state index in [-0.39, 0.29) is 28.2 Å². The zero-order valence-corrected chi connectivity index (χ0v) is 26.3. The molecule has 42 heavy (non-hydrogen) atoms. The lowest BCUT2D eigenvalue weighted by Crippen LogP contribution is -2.24. The molecule has 6 rings (SSSR count). The first kappa shape index (κ1) is 28.6. The maximum atomic E-state index is 14.2. The molecular weight excluding hydrogens is 562 g/mol. The molecule has 2 radical (unpaired) electrons. The fourth-order valence-electron chi connectivity index (χ4n) is 5.19. The van der Waals surface area contributed by atoms with Crippen molar-refractivity contribution in [1.29, 1.82) is 0 Å². The highest BCUT2D eigenvalue weighted by Crippen LogP contribution is 2.43. The molecule has 1 aliphatic heterocycles. The Kier molecular flexibility index (Phi) is 7.72. The number of nitrogens with zero attached hydrogens (tertiary/aromatic N) is 3. The molecule has 3 aromatic heterocycles. The van der Waals surface area contributed by atoms with Gasteiger partial charge in [0.1, 0.15) is 17.4 Å². The number of hydrogen-bond acceptors (Lipinski definition) is 4. The Hall–Kier alpha value is -3.46. The van der Waals surface area contributed by atoms with E-state index in [0.717, 1.165) is 44.6 Å². The van der Waals surface area contributed by atoms with Crippen molar-refractivity contribution in [2.75, 3.05) is 0 Å². The SMILES string of the molecule is CC(O[Si]C(C)(C)C(C)C)n1cc(C(=O)c2ccn3c2CSC3c2cccnc2)c2ccc(-c3ccc(F)cc3)cc21. The van der Waals surface area contributed by atoms with Gasteiger partial charge in [0.05, 0.1) is 5.52 Å². The van der Waals surface area contributed by atoms with Crippen LogP contribution in [-0.4, -0.2) is 29.7 Å².